The minimum Gasteiger partial charge on any atom is -0.357 e. The highest BCUT2D eigenvalue weighted by atomic mass is 127. The Bertz CT molecular complexity index is 745. The number of guanidine groups is 1. The van der Waals surface area contributed by atoms with E-state index in [0.717, 1.165) is 38.0 Å². The molecule has 0 aliphatic carbocycles. The summed E-state index contributed by atoms with van der Waals surface area (Å²) >= 11 is 0. The van der Waals surface area contributed by atoms with E-state index in [4.69, 9.17) is 4.99 Å². The van der Waals surface area contributed by atoms with Gasteiger partial charge in [-0.3, -0.25) is 4.90 Å². The van der Waals surface area contributed by atoms with Crippen molar-refractivity contribution in [3.8, 4) is 0 Å². The van der Waals surface area contributed by atoms with Crippen molar-refractivity contribution < 1.29 is 0 Å². The van der Waals surface area contributed by atoms with Crippen molar-refractivity contribution in [2.75, 3.05) is 33.2 Å². The number of likely N-dealkylation sites (tertiary alicyclic amines) is 1. The van der Waals surface area contributed by atoms with E-state index in [1.54, 1.807) is 0 Å². The van der Waals surface area contributed by atoms with Crippen LogP contribution in [0.15, 0.2) is 47.7 Å². The van der Waals surface area contributed by atoms with Crippen LogP contribution in [0.1, 0.15) is 38.1 Å². The summed E-state index contributed by atoms with van der Waals surface area (Å²) in [6.45, 7) is 10.0. The van der Waals surface area contributed by atoms with Gasteiger partial charge in [0.05, 0.1) is 0 Å². The van der Waals surface area contributed by atoms with E-state index in [9.17, 15) is 0 Å². The average Bonchev–Trinajstić information content (AvgIpc) is 3.35. The monoisotopic (exact) mass is 510 g/mol. The van der Waals surface area contributed by atoms with E-state index in [-0.39, 0.29) is 24.0 Å². The lowest BCUT2D eigenvalue weighted by molar-refractivity contribution is 0.232. The third kappa shape index (κ3) is 6.70. The fourth-order valence-electron chi connectivity index (χ4n) is 3.95. The molecule has 1 aromatic heterocycles. The van der Waals surface area contributed by atoms with E-state index in [1.165, 1.54) is 24.9 Å². The molecule has 0 amide bonds. The van der Waals surface area contributed by atoms with Crippen molar-refractivity contribution >= 4 is 29.9 Å². The molecule has 0 saturated carbocycles. The summed E-state index contributed by atoms with van der Waals surface area (Å²) in [4.78, 5) is 14.3. The molecule has 1 unspecified atom stereocenters. The number of nitrogens with one attached hydrogen (secondary N) is 1. The standard InChI is InChI=1S/C22H34N6.HI/c1-4-23-22(26(3)18-20-12-9-14-27(20)5-2)25-16-21-24-13-15-28(21)17-19-10-7-6-8-11-19;/h6-8,10-11,13,15,20H,4-5,9,12,14,16-18H2,1-3H3,(H,23,25);1H. The number of rotatable bonds is 8. The molecule has 29 heavy (non-hydrogen) atoms. The summed E-state index contributed by atoms with van der Waals surface area (Å²) in [5, 5.41) is 3.44. The SMILES string of the molecule is CCNC(=NCc1nccn1Cc1ccccc1)N(C)CC1CCCN1CC.I. The van der Waals surface area contributed by atoms with E-state index in [1.807, 2.05) is 18.5 Å². The normalized spacial score (nSPS) is 17.2. The molecule has 1 N–H and O–H groups in total. The molecule has 0 bridgehead atoms. The first kappa shape index (κ1) is 23.7. The van der Waals surface area contributed by atoms with Crippen molar-refractivity contribution in [3.05, 3.63) is 54.1 Å². The minimum absolute atomic E-state index is 0. The van der Waals surface area contributed by atoms with Gasteiger partial charge in [0.2, 0.25) is 0 Å². The quantitative estimate of drug-likeness (QED) is 0.336. The number of halogens is 1. The highest BCUT2D eigenvalue weighted by Crippen LogP contribution is 2.17. The number of aromatic nitrogens is 2. The molecule has 1 aliphatic heterocycles. The topological polar surface area (TPSA) is 48.7 Å². The van der Waals surface area contributed by atoms with Gasteiger partial charge in [-0.2, -0.15) is 0 Å². The zero-order valence-electron chi connectivity index (χ0n) is 17.9. The molecule has 3 rings (SSSR count). The summed E-state index contributed by atoms with van der Waals surface area (Å²) in [5.41, 5.74) is 1.27. The first-order valence-electron chi connectivity index (χ1n) is 10.5. The van der Waals surface area contributed by atoms with E-state index >= 15 is 0 Å². The maximum atomic E-state index is 4.88. The number of nitrogens with zero attached hydrogens (tertiary/aromatic N) is 5. The molecular weight excluding hydrogens is 475 g/mol. The van der Waals surface area contributed by atoms with Crippen LogP contribution in [0.25, 0.3) is 0 Å². The summed E-state index contributed by atoms with van der Waals surface area (Å²) in [6, 6.07) is 11.1. The Morgan fingerprint density at radius 2 is 2.07 bits per heavy atom. The Labute approximate surface area is 192 Å². The fraction of sp³-hybridized carbons (Fsp3) is 0.545. The van der Waals surface area contributed by atoms with Crippen molar-refractivity contribution in [2.45, 2.75) is 45.8 Å². The first-order valence-corrected chi connectivity index (χ1v) is 10.5. The van der Waals surface area contributed by atoms with Crippen LogP contribution in [-0.2, 0) is 13.1 Å². The smallest absolute Gasteiger partial charge is 0.194 e. The zero-order chi connectivity index (χ0) is 19.8. The van der Waals surface area contributed by atoms with Crippen LogP contribution in [0.2, 0.25) is 0 Å². The van der Waals surface area contributed by atoms with Gasteiger partial charge in [-0.05, 0) is 38.4 Å². The van der Waals surface area contributed by atoms with Crippen LogP contribution in [0.4, 0.5) is 0 Å². The van der Waals surface area contributed by atoms with E-state index in [0.29, 0.717) is 12.6 Å². The number of hydrogen-bond acceptors (Lipinski definition) is 3. The van der Waals surface area contributed by atoms with Gasteiger partial charge in [0.1, 0.15) is 12.4 Å². The second-order valence-electron chi connectivity index (χ2n) is 7.43. The molecule has 1 aromatic carbocycles. The maximum Gasteiger partial charge on any atom is 0.194 e. The summed E-state index contributed by atoms with van der Waals surface area (Å²) in [5.74, 6) is 1.95. The second-order valence-corrected chi connectivity index (χ2v) is 7.43. The highest BCUT2D eigenvalue weighted by Gasteiger charge is 2.24. The molecule has 1 aliphatic rings. The van der Waals surface area contributed by atoms with Crippen molar-refractivity contribution in [3.63, 3.8) is 0 Å². The minimum atomic E-state index is 0. The highest BCUT2D eigenvalue weighted by molar-refractivity contribution is 14.0. The molecule has 2 heterocycles. The van der Waals surface area contributed by atoms with Crippen molar-refractivity contribution in [1.29, 1.82) is 0 Å². The molecule has 2 aromatic rings. The fourth-order valence-corrected chi connectivity index (χ4v) is 3.95. The van der Waals surface area contributed by atoms with Crippen LogP contribution in [0.5, 0.6) is 0 Å². The van der Waals surface area contributed by atoms with Gasteiger partial charge in [0, 0.05) is 45.1 Å². The molecule has 0 radical (unpaired) electrons. The molecule has 160 valence electrons. The van der Waals surface area contributed by atoms with Gasteiger partial charge in [-0.25, -0.2) is 9.98 Å². The Balaban J connectivity index is 0.00000300. The molecule has 1 saturated heterocycles. The van der Waals surface area contributed by atoms with E-state index in [2.05, 4.69) is 69.8 Å². The molecule has 0 spiro atoms. The predicted octanol–water partition coefficient (Wildman–Crippen LogP) is 3.43. The summed E-state index contributed by atoms with van der Waals surface area (Å²) < 4.78 is 2.18. The lowest BCUT2D eigenvalue weighted by Crippen LogP contribution is -2.46. The van der Waals surface area contributed by atoms with Crippen molar-refractivity contribution in [2.24, 2.45) is 4.99 Å². The molecule has 7 heteroatoms. The average molecular weight is 510 g/mol. The van der Waals surface area contributed by atoms with Crippen LogP contribution < -0.4 is 5.32 Å². The summed E-state index contributed by atoms with van der Waals surface area (Å²) in [7, 11) is 2.14. The van der Waals surface area contributed by atoms with Crippen molar-refractivity contribution in [1.82, 2.24) is 24.7 Å². The molecular formula is C22H35IN6. The Kier molecular flexibility index (Phi) is 9.93. The third-order valence-electron chi connectivity index (χ3n) is 5.45. The second kappa shape index (κ2) is 12.2. The number of likely N-dealkylation sites (N-methyl/N-ethyl adjacent to an activating group) is 2. The Morgan fingerprint density at radius 3 is 2.79 bits per heavy atom. The van der Waals surface area contributed by atoms with Crippen LogP contribution in [0, 0.1) is 0 Å². The Morgan fingerprint density at radius 1 is 1.28 bits per heavy atom. The van der Waals surface area contributed by atoms with Gasteiger partial charge in [-0.1, -0.05) is 37.3 Å². The van der Waals surface area contributed by atoms with E-state index < -0.39 is 0 Å². The Hall–Kier alpha value is -1.61. The lowest BCUT2D eigenvalue weighted by atomic mass is 10.2. The van der Waals surface area contributed by atoms with Gasteiger partial charge < -0.3 is 14.8 Å². The van der Waals surface area contributed by atoms with Crippen LogP contribution in [0.3, 0.4) is 0 Å². The number of imidazole rings is 1. The zero-order valence-corrected chi connectivity index (χ0v) is 20.3. The third-order valence-corrected chi connectivity index (χ3v) is 5.45. The van der Waals surface area contributed by atoms with Gasteiger partial charge in [-0.15, -0.1) is 24.0 Å². The van der Waals surface area contributed by atoms with Crippen LogP contribution >= 0.6 is 24.0 Å². The first-order chi connectivity index (χ1) is 13.7. The lowest BCUT2D eigenvalue weighted by Gasteiger charge is -2.29. The largest absolute Gasteiger partial charge is 0.357 e. The maximum absolute atomic E-state index is 4.88. The molecule has 1 atom stereocenters. The number of hydrogen-bond donors (Lipinski definition) is 1. The number of benzene rings is 1. The van der Waals surface area contributed by atoms with Crippen LogP contribution in [-0.4, -0.2) is 64.6 Å². The predicted molar refractivity (Wildman–Crippen MR) is 131 cm³/mol. The number of aliphatic imine (C=N–C) groups is 1. The van der Waals surface area contributed by atoms with Gasteiger partial charge in [0.25, 0.3) is 0 Å². The van der Waals surface area contributed by atoms with Gasteiger partial charge >= 0.3 is 0 Å². The summed E-state index contributed by atoms with van der Waals surface area (Å²) in [6.07, 6.45) is 6.48. The molecule has 6 nitrogen and oxygen atoms in total. The van der Waals surface area contributed by atoms with Gasteiger partial charge in [0.15, 0.2) is 5.96 Å². The molecule has 1 fully saturated rings.